The number of nitrogens with one attached hydrogen (secondary N) is 3. The molecule has 0 spiro atoms. The van der Waals surface area contributed by atoms with Crippen molar-refractivity contribution in [1.29, 1.82) is 0 Å². The highest BCUT2D eigenvalue weighted by Crippen LogP contribution is 2.35. The molecule has 32 heavy (non-hydrogen) atoms. The third kappa shape index (κ3) is 5.60. The molecule has 10 heteroatoms. The molecule has 2 amide bonds. The third-order valence-electron chi connectivity index (χ3n) is 5.56. The van der Waals surface area contributed by atoms with Gasteiger partial charge in [-0.2, -0.15) is 0 Å². The molecule has 176 valence electrons. The van der Waals surface area contributed by atoms with E-state index in [-0.39, 0.29) is 41.3 Å². The summed E-state index contributed by atoms with van der Waals surface area (Å²) in [6.07, 6.45) is 2.47. The molecule has 0 saturated heterocycles. The first-order valence-electron chi connectivity index (χ1n) is 10.9. The van der Waals surface area contributed by atoms with E-state index in [9.17, 15) is 18.0 Å². The number of fused-ring (bicyclic) bond motifs is 1. The van der Waals surface area contributed by atoms with E-state index in [0.29, 0.717) is 48.1 Å². The fraction of sp³-hybridized carbons (Fsp3) is 0.545. The number of methoxy groups -OCH3 is 1. The average molecular weight is 466 g/mol. The van der Waals surface area contributed by atoms with Gasteiger partial charge in [0.25, 0.3) is 5.91 Å². The van der Waals surface area contributed by atoms with Gasteiger partial charge in [-0.15, -0.1) is 0 Å². The highest BCUT2D eigenvalue weighted by atomic mass is 32.2. The number of rotatable bonds is 8. The van der Waals surface area contributed by atoms with Crippen molar-refractivity contribution in [3.05, 3.63) is 24.0 Å². The monoisotopic (exact) mass is 465 g/mol. The summed E-state index contributed by atoms with van der Waals surface area (Å²) < 4.78 is 37.3. The Balaban J connectivity index is 1.68. The summed E-state index contributed by atoms with van der Waals surface area (Å²) in [6.45, 7) is 5.31. The van der Waals surface area contributed by atoms with Crippen LogP contribution >= 0.6 is 0 Å². The maximum atomic E-state index is 12.8. The highest BCUT2D eigenvalue weighted by molar-refractivity contribution is 7.89. The SMILES string of the molecule is CCS(=O)(=O)NC1CCC(C(=O)Nc2ccc3oc(C(=O)NC(C)C)c(OC)c3c2)CC1. The molecule has 0 atom stereocenters. The second-order valence-corrected chi connectivity index (χ2v) is 10.4. The predicted octanol–water partition coefficient (Wildman–Crippen LogP) is 3.02. The Labute approximate surface area is 188 Å². The minimum absolute atomic E-state index is 0.0498. The smallest absolute Gasteiger partial charge is 0.291 e. The van der Waals surface area contributed by atoms with E-state index in [1.54, 1.807) is 25.1 Å². The molecule has 3 rings (SSSR count). The van der Waals surface area contributed by atoms with Crippen LogP contribution in [0.4, 0.5) is 5.69 Å². The molecule has 1 fully saturated rings. The number of ether oxygens (including phenoxy) is 1. The van der Waals surface area contributed by atoms with Crippen LogP contribution < -0.4 is 20.1 Å². The molecule has 0 aliphatic heterocycles. The standard InChI is InChI=1S/C22H31N3O6S/c1-5-32(28,29)25-15-8-6-14(7-9-15)21(26)24-16-10-11-18-17(12-16)19(30-4)20(31-18)22(27)23-13(2)3/h10-15,25H,5-9H2,1-4H3,(H,23,27)(H,24,26). The van der Waals surface area contributed by atoms with Crippen LogP contribution in [-0.2, 0) is 14.8 Å². The fourth-order valence-electron chi connectivity index (χ4n) is 3.89. The van der Waals surface area contributed by atoms with Gasteiger partial charge >= 0.3 is 0 Å². The molecule has 1 saturated carbocycles. The van der Waals surface area contributed by atoms with Crippen LogP contribution in [0.15, 0.2) is 22.6 Å². The van der Waals surface area contributed by atoms with E-state index in [1.807, 2.05) is 13.8 Å². The molecule has 1 aromatic heterocycles. The first kappa shape index (κ1) is 24.1. The van der Waals surface area contributed by atoms with Crippen LogP contribution in [0.25, 0.3) is 11.0 Å². The van der Waals surface area contributed by atoms with Crippen LogP contribution in [0.5, 0.6) is 5.75 Å². The van der Waals surface area contributed by atoms with Gasteiger partial charge in [-0.25, -0.2) is 13.1 Å². The zero-order valence-corrected chi connectivity index (χ0v) is 19.7. The minimum Gasteiger partial charge on any atom is -0.492 e. The van der Waals surface area contributed by atoms with E-state index in [4.69, 9.17) is 9.15 Å². The van der Waals surface area contributed by atoms with Gasteiger partial charge < -0.3 is 19.8 Å². The summed E-state index contributed by atoms with van der Waals surface area (Å²) in [7, 11) is -1.78. The number of carbonyl (C=O) groups is 2. The molecule has 2 aromatic rings. The molecule has 0 radical (unpaired) electrons. The Morgan fingerprint density at radius 3 is 2.47 bits per heavy atom. The number of sulfonamides is 1. The summed E-state index contributed by atoms with van der Waals surface area (Å²) in [5, 5.41) is 6.30. The number of benzene rings is 1. The number of anilines is 1. The number of hydrogen-bond donors (Lipinski definition) is 3. The Hall–Kier alpha value is -2.59. The topological polar surface area (TPSA) is 127 Å². The van der Waals surface area contributed by atoms with Crippen LogP contribution in [0.2, 0.25) is 0 Å². The molecule has 1 aliphatic rings. The van der Waals surface area contributed by atoms with Crippen molar-refractivity contribution < 1.29 is 27.2 Å². The zero-order chi connectivity index (χ0) is 23.5. The first-order chi connectivity index (χ1) is 15.1. The summed E-state index contributed by atoms with van der Waals surface area (Å²) in [4.78, 5) is 25.2. The Bertz CT molecular complexity index is 1080. The van der Waals surface area contributed by atoms with Crippen molar-refractivity contribution in [3.63, 3.8) is 0 Å². The second-order valence-electron chi connectivity index (χ2n) is 8.36. The van der Waals surface area contributed by atoms with Crippen LogP contribution in [0.1, 0.15) is 57.0 Å². The molecule has 1 heterocycles. The number of carbonyl (C=O) groups excluding carboxylic acids is 2. The number of amides is 2. The Kier molecular flexibility index (Phi) is 7.45. The lowest BCUT2D eigenvalue weighted by Crippen LogP contribution is -2.40. The molecular weight excluding hydrogens is 434 g/mol. The fourth-order valence-corrected chi connectivity index (χ4v) is 4.80. The maximum Gasteiger partial charge on any atom is 0.291 e. The largest absolute Gasteiger partial charge is 0.492 e. The maximum absolute atomic E-state index is 12.8. The normalized spacial score (nSPS) is 19.2. The Morgan fingerprint density at radius 1 is 1.19 bits per heavy atom. The highest BCUT2D eigenvalue weighted by Gasteiger charge is 2.28. The van der Waals surface area contributed by atoms with E-state index in [1.165, 1.54) is 7.11 Å². The van der Waals surface area contributed by atoms with Gasteiger partial charge in [-0.3, -0.25) is 9.59 Å². The van der Waals surface area contributed by atoms with Gasteiger partial charge in [0.05, 0.1) is 18.2 Å². The van der Waals surface area contributed by atoms with Crippen molar-refractivity contribution in [3.8, 4) is 5.75 Å². The van der Waals surface area contributed by atoms with Gasteiger partial charge in [-0.1, -0.05) is 0 Å². The third-order valence-corrected chi connectivity index (χ3v) is 7.02. The minimum atomic E-state index is -3.24. The van der Waals surface area contributed by atoms with Gasteiger partial charge in [0.15, 0.2) is 5.75 Å². The molecule has 3 N–H and O–H groups in total. The summed E-state index contributed by atoms with van der Waals surface area (Å²) in [5.74, 6) is -0.207. The lowest BCUT2D eigenvalue weighted by Gasteiger charge is -2.28. The average Bonchev–Trinajstić information content (AvgIpc) is 3.11. The number of hydrogen-bond acceptors (Lipinski definition) is 6. The van der Waals surface area contributed by atoms with E-state index in [2.05, 4.69) is 15.4 Å². The summed E-state index contributed by atoms with van der Waals surface area (Å²) in [6, 6.07) is 4.96. The van der Waals surface area contributed by atoms with Crippen molar-refractivity contribution in [1.82, 2.24) is 10.0 Å². The van der Waals surface area contributed by atoms with Crippen molar-refractivity contribution in [2.45, 2.75) is 58.5 Å². The molecule has 0 bridgehead atoms. The number of furan rings is 1. The molecular formula is C22H31N3O6S. The lowest BCUT2D eigenvalue weighted by molar-refractivity contribution is -0.120. The lowest BCUT2D eigenvalue weighted by atomic mass is 9.86. The van der Waals surface area contributed by atoms with Crippen molar-refractivity contribution in [2.75, 3.05) is 18.2 Å². The van der Waals surface area contributed by atoms with Crippen LogP contribution in [-0.4, -0.2) is 45.2 Å². The molecule has 9 nitrogen and oxygen atoms in total. The van der Waals surface area contributed by atoms with Crippen LogP contribution in [0.3, 0.4) is 0 Å². The summed E-state index contributed by atoms with van der Waals surface area (Å²) in [5.41, 5.74) is 1.06. The van der Waals surface area contributed by atoms with Crippen molar-refractivity contribution in [2.24, 2.45) is 5.92 Å². The molecule has 1 aliphatic carbocycles. The quantitative estimate of drug-likeness (QED) is 0.550. The van der Waals surface area contributed by atoms with E-state index in [0.717, 1.165) is 0 Å². The van der Waals surface area contributed by atoms with Gasteiger partial charge in [0.1, 0.15) is 5.58 Å². The zero-order valence-electron chi connectivity index (χ0n) is 18.9. The molecule has 0 unspecified atom stereocenters. The van der Waals surface area contributed by atoms with E-state index < -0.39 is 10.0 Å². The van der Waals surface area contributed by atoms with Crippen LogP contribution in [0, 0.1) is 5.92 Å². The first-order valence-corrected chi connectivity index (χ1v) is 12.5. The van der Waals surface area contributed by atoms with Crippen molar-refractivity contribution >= 4 is 38.5 Å². The van der Waals surface area contributed by atoms with Gasteiger partial charge in [0, 0.05) is 23.7 Å². The molecule has 1 aromatic carbocycles. The van der Waals surface area contributed by atoms with E-state index >= 15 is 0 Å². The van der Waals surface area contributed by atoms with Gasteiger partial charge in [-0.05, 0) is 64.7 Å². The Morgan fingerprint density at radius 2 is 1.88 bits per heavy atom. The summed E-state index contributed by atoms with van der Waals surface area (Å²) >= 11 is 0. The second kappa shape index (κ2) is 9.91. The van der Waals surface area contributed by atoms with Gasteiger partial charge in [0.2, 0.25) is 21.7 Å². The predicted molar refractivity (Wildman–Crippen MR) is 122 cm³/mol.